The van der Waals surface area contributed by atoms with Crippen LogP contribution in [0.3, 0.4) is 0 Å². The summed E-state index contributed by atoms with van der Waals surface area (Å²) in [6, 6.07) is 3.99. The fourth-order valence-electron chi connectivity index (χ4n) is 1.30. The highest BCUT2D eigenvalue weighted by molar-refractivity contribution is 7.91. The van der Waals surface area contributed by atoms with Crippen LogP contribution in [0.2, 0.25) is 0 Å². The zero-order chi connectivity index (χ0) is 14.3. The minimum Gasteiger partial charge on any atom is -0.492 e. The second-order valence-electron chi connectivity index (χ2n) is 3.77. The molecule has 1 aromatic carbocycles. The third-order valence-electron chi connectivity index (χ3n) is 2.31. The van der Waals surface area contributed by atoms with Crippen LogP contribution in [-0.4, -0.2) is 33.1 Å². The van der Waals surface area contributed by atoms with Gasteiger partial charge in [-0.2, -0.15) is 0 Å². The van der Waals surface area contributed by atoms with Gasteiger partial charge in [-0.1, -0.05) is 18.8 Å². The van der Waals surface area contributed by atoms with E-state index in [0.717, 1.165) is 0 Å². The molecule has 0 spiro atoms. The minimum atomic E-state index is -3.09. The third-order valence-corrected chi connectivity index (χ3v) is 3.98. The summed E-state index contributed by atoms with van der Waals surface area (Å²) in [7, 11) is -3.09. The summed E-state index contributed by atoms with van der Waals surface area (Å²) in [5.41, 5.74) is 5.67. The van der Waals surface area contributed by atoms with Gasteiger partial charge in [-0.15, -0.1) is 0 Å². The fraction of sp³-hybridized carbons (Fsp3) is 0.385. The molecule has 0 amide bonds. The van der Waals surface area contributed by atoms with Crippen LogP contribution in [0.5, 0.6) is 5.75 Å². The number of ether oxygens (including phenoxy) is 1. The Morgan fingerprint density at radius 1 is 1.37 bits per heavy atom. The summed E-state index contributed by atoms with van der Waals surface area (Å²) in [6.07, 6.45) is 0. The Bertz CT molecular complexity index is 588. The van der Waals surface area contributed by atoms with Crippen molar-refractivity contribution in [2.75, 3.05) is 24.7 Å². The van der Waals surface area contributed by atoms with E-state index in [9.17, 15) is 12.8 Å². The lowest BCUT2D eigenvalue weighted by molar-refractivity contribution is 0.339. The van der Waals surface area contributed by atoms with Gasteiger partial charge in [0.2, 0.25) is 0 Å². The lowest BCUT2D eigenvalue weighted by atomic mass is 10.2. The van der Waals surface area contributed by atoms with Crippen LogP contribution in [0.15, 0.2) is 18.2 Å². The Kier molecular flexibility index (Phi) is 5.80. The van der Waals surface area contributed by atoms with E-state index < -0.39 is 15.7 Å². The summed E-state index contributed by atoms with van der Waals surface area (Å²) in [4.78, 5) is 0. The van der Waals surface area contributed by atoms with Gasteiger partial charge in [0.25, 0.3) is 0 Å². The van der Waals surface area contributed by atoms with Gasteiger partial charge >= 0.3 is 0 Å². The Labute approximate surface area is 112 Å². The van der Waals surface area contributed by atoms with Crippen LogP contribution in [0.4, 0.5) is 4.39 Å². The Balaban J connectivity index is 2.71. The van der Waals surface area contributed by atoms with E-state index in [1.54, 1.807) is 13.0 Å². The molecule has 0 bridgehead atoms. The van der Waals surface area contributed by atoms with Crippen molar-refractivity contribution in [2.45, 2.75) is 6.92 Å². The zero-order valence-electron chi connectivity index (χ0n) is 10.6. The molecule has 0 radical (unpaired) electrons. The average molecular weight is 285 g/mol. The van der Waals surface area contributed by atoms with E-state index >= 15 is 0 Å². The molecule has 0 aromatic heterocycles. The van der Waals surface area contributed by atoms with Gasteiger partial charge in [0, 0.05) is 17.4 Å². The smallest absolute Gasteiger partial charge is 0.153 e. The normalized spacial score (nSPS) is 10.7. The highest BCUT2D eigenvalue weighted by atomic mass is 32.2. The SMILES string of the molecule is CCS(=O)(=O)CCOc1cc(F)cc(C#CCN)c1. The number of rotatable bonds is 5. The lowest BCUT2D eigenvalue weighted by Gasteiger charge is -2.06. The predicted molar refractivity (Wildman–Crippen MR) is 72.2 cm³/mol. The van der Waals surface area contributed by atoms with E-state index in [1.807, 2.05) is 0 Å². The van der Waals surface area contributed by atoms with Gasteiger partial charge in [-0.3, -0.25) is 0 Å². The molecule has 0 atom stereocenters. The first kappa shape index (κ1) is 15.5. The van der Waals surface area contributed by atoms with Crippen LogP contribution in [0.1, 0.15) is 12.5 Å². The standard InChI is InChI=1S/C13H16FNO3S/c1-2-19(16,17)7-6-18-13-9-11(4-3-5-15)8-12(14)10-13/h8-10H,2,5-7,15H2,1H3. The van der Waals surface area contributed by atoms with Gasteiger partial charge < -0.3 is 10.5 Å². The highest BCUT2D eigenvalue weighted by Crippen LogP contribution is 2.16. The second-order valence-corrected chi connectivity index (χ2v) is 6.24. The maximum Gasteiger partial charge on any atom is 0.153 e. The van der Waals surface area contributed by atoms with Gasteiger partial charge in [0.15, 0.2) is 9.84 Å². The van der Waals surface area contributed by atoms with Gasteiger partial charge in [-0.25, -0.2) is 12.8 Å². The molecule has 0 unspecified atom stereocenters. The monoisotopic (exact) mass is 285 g/mol. The van der Waals surface area contributed by atoms with Crippen LogP contribution in [0, 0.1) is 17.7 Å². The number of sulfone groups is 1. The largest absolute Gasteiger partial charge is 0.492 e. The van der Waals surface area contributed by atoms with Crippen molar-refractivity contribution >= 4 is 9.84 Å². The molecule has 6 heteroatoms. The molecular weight excluding hydrogens is 269 g/mol. The average Bonchev–Trinajstić information content (AvgIpc) is 2.35. The minimum absolute atomic E-state index is 0.0105. The Hall–Kier alpha value is -1.58. The zero-order valence-corrected chi connectivity index (χ0v) is 11.5. The molecule has 0 aliphatic rings. The molecular formula is C13H16FNO3S. The molecule has 1 rings (SSSR count). The van der Waals surface area contributed by atoms with Crippen molar-refractivity contribution in [1.29, 1.82) is 0 Å². The van der Waals surface area contributed by atoms with Gasteiger partial charge in [0.05, 0.1) is 12.3 Å². The quantitative estimate of drug-likeness (QED) is 0.818. The van der Waals surface area contributed by atoms with Gasteiger partial charge in [-0.05, 0) is 12.1 Å². The maximum atomic E-state index is 13.3. The van der Waals surface area contributed by atoms with Crippen LogP contribution in [0.25, 0.3) is 0 Å². The van der Waals surface area contributed by atoms with E-state index in [2.05, 4.69) is 11.8 Å². The number of hydrogen-bond donors (Lipinski definition) is 1. The van der Waals surface area contributed by atoms with Crippen molar-refractivity contribution in [2.24, 2.45) is 5.73 Å². The summed E-state index contributed by atoms with van der Waals surface area (Å²) in [6.45, 7) is 1.74. The van der Waals surface area contributed by atoms with Crippen LogP contribution in [-0.2, 0) is 9.84 Å². The first-order valence-corrected chi connectivity index (χ1v) is 7.61. The molecule has 0 aliphatic carbocycles. The molecule has 1 aromatic rings. The molecule has 0 aliphatic heterocycles. The summed E-state index contributed by atoms with van der Waals surface area (Å²) >= 11 is 0. The van der Waals surface area contributed by atoms with E-state index in [1.165, 1.54) is 12.1 Å². The lowest BCUT2D eigenvalue weighted by Crippen LogP contribution is -2.15. The maximum absolute atomic E-state index is 13.3. The molecule has 0 fully saturated rings. The Morgan fingerprint density at radius 2 is 2.11 bits per heavy atom. The van der Waals surface area contributed by atoms with Crippen LogP contribution >= 0.6 is 0 Å². The van der Waals surface area contributed by atoms with Crippen molar-refractivity contribution in [1.82, 2.24) is 0 Å². The molecule has 19 heavy (non-hydrogen) atoms. The van der Waals surface area contributed by atoms with E-state index in [-0.39, 0.29) is 30.4 Å². The number of benzene rings is 1. The first-order chi connectivity index (χ1) is 8.96. The summed E-state index contributed by atoms with van der Waals surface area (Å²) in [5, 5.41) is 0. The highest BCUT2D eigenvalue weighted by Gasteiger charge is 2.08. The third kappa shape index (κ3) is 5.73. The molecule has 2 N–H and O–H groups in total. The van der Waals surface area contributed by atoms with Crippen LogP contribution < -0.4 is 10.5 Å². The second kappa shape index (κ2) is 7.12. The fourth-order valence-corrected chi connectivity index (χ4v) is 1.93. The summed E-state index contributed by atoms with van der Waals surface area (Å²) in [5.74, 6) is 5.04. The van der Waals surface area contributed by atoms with Crippen molar-refractivity contribution in [3.63, 3.8) is 0 Å². The number of halogens is 1. The molecule has 104 valence electrons. The van der Waals surface area contributed by atoms with E-state index in [0.29, 0.717) is 5.56 Å². The van der Waals surface area contributed by atoms with Crippen molar-refractivity contribution < 1.29 is 17.5 Å². The van der Waals surface area contributed by atoms with Crippen molar-refractivity contribution in [3.05, 3.63) is 29.6 Å². The van der Waals surface area contributed by atoms with E-state index in [4.69, 9.17) is 10.5 Å². The summed E-state index contributed by atoms with van der Waals surface area (Å²) < 4.78 is 41.1. The van der Waals surface area contributed by atoms with Gasteiger partial charge in [0.1, 0.15) is 18.2 Å². The Morgan fingerprint density at radius 3 is 2.74 bits per heavy atom. The molecule has 4 nitrogen and oxygen atoms in total. The topological polar surface area (TPSA) is 69.4 Å². The molecule has 0 heterocycles. The van der Waals surface area contributed by atoms with Crippen molar-refractivity contribution in [3.8, 4) is 17.6 Å². The first-order valence-electron chi connectivity index (χ1n) is 5.79. The predicted octanol–water partition coefficient (Wildman–Crippen LogP) is 0.949. The number of nitrogens with two attached hydrogens (primary N) is 1. The number of hydrogen-bond acceptors (Lipinski definition) is 4. The molecule has 0 saturated carbocycles. The molecule has 0 saturated heterocycles.